The van der Waals surface area contributed by atoms with E-state index in [2.05, 4.69) is 20.8 Å². The summed E-state index contributed by atoms with van der Waals surface area (Å²) in [4.78, 5) is 0. The lowest BCUT2D eigenvalue weighted by atomic mass is 9.95. The van der Waals surface area contributed by atoms with Gasteiger partial charge in [-0.05, 0) is 36.1 Å². The summed E-state index contributed by atoms with van der Waals surface area (Å²) in [5.74, 6) is 0.897. The predicted octanol–water partition coefficient (Wildman–Crippen LogP) is 2.92. The molecule has 2 saturated carbocycles. The third-order valence-electron chi connectivity index (χ3n) is 4.35. The Morgan fingerprint density at radius 1 is 0.889 bits per heavy atom. The average Bonchev–Trinajstić information content (AvgIpc) is 2.89. The van der Waals surface area contributed by atoms with Crippen molar-refractivity contribution >= 4 is 5.95 Å². The van der Waals surface area contributed by atoms with Crippen LogP contribution in [0.3, 0.4) is 0 Å². The van der Waals surface area contributed by atoms with Gasteiger partial charge in [-0.1, -0.05) is 43.6 Å². The largest absolute Gasteiger partial charge is 0.350 e. The minimum atomic E-state index is 0.514. The van der Waals surface area contributed by atoms with Crippen LogP contribution in [-0.4, -0.2) is 26.2 Å². The van der Waals surface area contributed by atoms with Gasteiger partial charge in [0.2, 0.25) is 5.95 Å². The van der Waals surface area contributed by atoms with Gasteiger partial charge in [0.15, 0.2) is 0 Å². The first kappa shape index (κ1) is 11.9. The van der Waals surface area contributed by atoms with Crippen LogP contribution >= 0.6 is 0 Å². The van der Waals surface area contributed by atoms with Gasteiger partial charge in [-0.25, -0.2) is 4.68 Å². The SMILES string of the molecule is C1CCC(Nc2nnnn2C2CCCCC2)CC1. The summed E-state index contributed by atoms with van der Waals surface area (Å²) >= 11 is 0. The molecule has 0 aliphatic heterocycles. The molecule has 100 valence electrons. The van der Waals surface area contributed by atoms with Gasteiger partial charge >= 0.3 is 0 Å². The highest BCUT2D eigenvalue weighted by Crippen LogP contribution is 2.29. The summed E-state index contributed by atoms with van der Waals surface area (Å²) < 4.78 is 2.04. The van der Waals surface area contributed by atoms with E-state index in [1.165, 1.54) is 64.2 Å². The molecule has 0 amide bonds. The smallest absolute Gasteiger partial charge is 0.243 e. The van der Waals surface area contributed by atoms with Crippen LogP contribution in [0.2, 0.25) is 0 Å². The maximum Gasteiger partial charge on any atom is 0.243 e. The highest BCUT2D eigenvalue weighted by Gasteiger charge is 2.22. The maximum atomic E-state index is 4.20. The fourth-order valence-corrected chi connectivity index (χ4v) is 3.29. The maximum absolute atomic E-state index is 4.20. The van der Waals surface area contributed by atoms with Crippen molar-refractivity contribution in [3.8, 4) is 0 Å². The summed E-state index contributed by atoms with van der Waals surface area (Å²) in [5, 5.41) is 15.8. The Hall–Kier alpha value is -1.13. The van der Waals surface area contributed by atoms with Crippen LogP contribution in [0.4, 0.5) is 5.95 Å². The van der Waals surface area contributed by atoms with Gasteiger partial charge in [0.05, 0.1) is 6.04 Å². The van der Waals surface area contributed by atoms with Crippen LogP contribution < -0.4 is 5.32 Å². The Kier molecular flexibility index (Phi) is 3.76. The first-order valence-electron chi connectivity index (χ1n) is 7.48. The average molecular weight is 249 g/mol. The van der Waals surface area contributed by atoms with E-state index in [0.717, 1.165) is 5.95 Å². The second-order valence-corrected chi connectivity index (χ2v) is 5.72. The summed E-state index contributed by atoms with van der Waals surface area (Å²) in [5.41, 5.74) is 0. The van der Waals surface area contributed by atoms with E-state index in [1.807, 2.05) is 4.68 Å². The zero-order chi connectivity index (χ0) is 12.2. The minimum absolute atomic E-state index is 0.514. The minimum Gasteiger partial charge on any atom is -0.350 e. The van der Waals surface area contributed by atoms with E-state index in [-0.39, 0.29) is 0 Å². The van der Waals surface area contributed by atoms with Crippen molar-refractivity contribution in [1.82, 2.24) is 20.2 Å². The lowest BCUT2D eigenvalue weighted by molar-refractivity contribution is 0.325. The number of nitrogens with zero attached hydrogens (tertiary/aromatic N) is 4. The highest BCUT2D eigenvalue weighted by molar-refractivity contribution is 5.24. The molecule has 0 saturated heterocycles. The molecule has 1 aromatic heterocycles. The fourth-order valence-electron chi connectivity index (χ4n) is 3.29. The van der Waals surface area contributed by atoms with Crippen LogP contribution in [0.25, 0.3) is 0 Å². The van der Waals surface area contributed by atoms with Gasteiger partial charge in [0, 0.05) is 6.04 Å². The Morgan fingerprint density at radius 2 is 1.56 bits per heavy atom. The molecular formula is C13H23N5. The number of hydrogen-bond acceptors (Lipinski definition) is 4. The number of rotatable bonds is 3. The van der Waals surface area contributed by atoms with Gasteiger partial charge in [-0.15, -0.1) is 0 Å². The molecule has 3 rings (SSSR count). The van der Waals surface area contributed by atoms with Crippen molar-refractivity contribution in [2.24, 2.45) is 0 Å². The number of nitrogens with one attached hydrogen (secondary N) is 1. The van der Waals surface area contributed by atoms with Crippen LogP contribution in [0, 0.1) is 0 Å². The van der Waals surface area contributed by atoms with E-state index < -0.39 is 0 Å². The normalized spacial score (nSPS) is 23.1. The van der Waals surface area contributed by atoms with E-state index in [4.69, 9.17) is 0 Å². The Balaban J connectivity index is 1.66. The van der Waals surface area contributed by atoms with Crippen molar-refractivity contribution in [3.63, 3.8) is 0 Å². The molecule has 0 unspecified atom stereocenters. The highest BCUT2D eigenvalue weighted by atomic mass is 15.6. The second kappa shape index (κ2) is 5.67. The van der Waals surface area contributed by atoms with E-state index in [0.29, 0.717) is 12.1 Å². The molecule has 2 aliphatic carbocycles. The van der Waals surface area contributed by atoms with Crippen molar-refractivity contribution < 1.29 is 0 Å². The van der Waals surface area contributed by atoms with Crippen molar-refractivity contribution in [3.05, 3.63) is 0 Å². The molecule has 1 heterocycles. The standard InChI is InChI=1S/C13H23N5/c1-3-7-11(8-4-1)14-13-15-16-17-18(13)12-9-5-2-6-10-12/h11-12H,1-10H2,(H,14,15,17). The molecule has 5 heteroatoms. The number of anilines is 1. The van der Waals surface area contributed by atoms with Crippen LogP contribution in [0.15, 0.2) is 0 Å². The van der Waals surface area contributed by atoms with Crippen molar-refractivity contribution in [2.45, 2.75) is 76.3 Å². The number of hydrogen-bond donors (Lipinski definition) is 1. The Bertz CT molecular complexity index is 363. The first-order chi connectivity index (χ1) is 8.93. The molecule has 18 heavy (non-hydrogen) atoms. The van der Waals surface area contributed by atoms with Crippen LogP contribution in [0.5, 0.6) is 0 Å². The molecule has 2 fully saturated rings. The van der Waals surface area contributed by atoms with Gasteiger partial charge in [0.25, 0.3) is 0 Å². The summed E-state index contributed by atoms with van der Waals surface area (Å²) in [6.45, 7) is 0. The lowest BCUT2D eigenvalue weighted by Crippen LogP contribution is -2.26. The third-order valence-corrected chi connectivity index (χ3v) is 4.35. The van der Waals surface area contributed by atoms with Gasteiger partial charge < -0.3 is 5.32 Å². The number of aromatic nitrogens is 4. The van der Waals surface area contributed by atoms with Crippen LogP contribution in [0.1, 0.15) is 70.3 Å². The molecule has 5 nitrogen and oxygen atoms in total. The van der Waals surface area contributed by atoms with Crippen LogP contribution in [-0.2, 0) is 0 Å². The van der Waals surface area contributed by atoms with E-state index in [1.54, 1.807) is 0 Å². The van der Waals surface area contributed by atoms with Crippen molar-refractivity contribution in [2.75, 3.05) is 5.32 Å². The zero-order valence-electron chi connectivity index (χ0n) is 11.0. The molecule has 1 N–H and O–H groups in total. The first-order valence-corrected chi connectivity index (χ1v) is 7.48. The van der Waals surface area contributed by atoms with Gasteiger partial charge in [-0.2, -0.15) is 0 Å². The molecule has 0 radical (unpaired) electrons. The molecule has 0 spiro atoms. The number of tetrazole rings is 1. The van der Waals surface area contributed by atoms with Gasteiger partial charge in [-0.3, -0.25) is 0 Å². The zero-order valence-corrected chi connectivity index (χ0v) is 11.0. The molecule has 1 aromatic rings. The third kappa shape index (κ3) is 2.65. The Labute approximate surface area is 108 Å². The fraction of sp³-hybridized carbons (Fsp3) is 0.923. The Morgan fingerprint density at radius 3 is 2.28 bits per heavy atom. The molecule has 0 atom stereocenters. The quantitative estimate of drug-likeness (QED) is 0.895. The second-order valence-electron chi connectivity index (χ2n) is 5.72. The predicted molar refractivity (Wildman–Crippen MR) is 70.4 cm³/mol. The summed E-state index contributed by atoms with van der Waals surface area (Å²) in [6, 6.07) is 1.09. The lowest BCUT2D eigenvalue weighted by Gasteiger charge is -2.26. The topological polar surface area (TPSA) is 55.6 Å². The van der Waals surface area contributed by atoms with E-state index >= 15 is 0 Å². The molecule has 0 aromatic carbocycles. The van der Waals surface area contributed by atoms with E-state index in [9.17, 15) is 0 Å². The van der Waals surface area contributed by atoms with Gasteiger partial charge in [0.1, 0.15) is 0 Å². The monoisotopic (exact) mass is 249 g/mol. The molecule has 0 bridgehead atoms. The summed E-state index contributed by atoms with van der Waals surface area (Å²) in [6.07, 6.45) is 13.0. The summed E-state index contributed by atoms with van der Waals surface area (Å²) in [7, 11) is 0. The van der Waals surface area contributed by atoms with Crippen molar-refractivity contribution in [1.29, 1.82) is 0 Å². The molecule has 2 aliphatic rings. The molecular weight excluding hydrogens is 226 g/mol.